The summed E-state index contributed by atoms with van der Waals surface area (Å²) in [7, 11) is 0. The molecule has 1 aromatic carbocycles. The number of nitrogens with one attached hydrogen (secondary N) is 1. The van der Waals surface area contributed by atoms with Crippen molar-refractivity contribution in [3.8, 4) is 6.07 Å². The zero-order valence-electron chi connectivity index (χ0n) is 12.9. The Labute approximate surface area is 135 Å². The fourth-order valence-corrected chi connectivity index (χ4v) is 2.98. The van der Waals surface area contributed by atoms with Crippen molar-refractivity contribution in [1.29, 1.82) is 5.26 Å². The van der Waals surface area contributed by atoms with Crippen LogP contribution in [0.4, 0.5) is 5.82 Å². The number of nitriles is 1. The number of rotatable bonds is 3. The standard InChI is InChI=1S/C18H18N4O/c19-12-15(17(20)23)11-14-10-13-6-2-3-7-16(13)21-18(14)22-8-4-1-5-9-22/h2-3,6-7,10-11H,1,4-5,8-9H2,(H2,20,23)/p+1/b15-11-. The number of aromatic amines is 1. The van der Waals surface area contributed by atoms with Crippen LogP contribution in [-0.2, 0) is 4.79 Å². The van der Waals surface area contributed by atoms with Crippen LogP contribution in [0.1, 0.15) is 24.8 Å². The second-order valence-corrected chi connectivity index (χ2v) is 5.74. The highest BCUT2D eigenvalue weighted by Crippen LogP contribution is 2.25. The normalized spacial score (nSPS) is 15.4. The molecule has 2 aromatic rings. The minimum atomic E-state index is -0.703. The van der Waals surface area contributed by atoms with E-state index in [2.05, 4.69) is 9.88 Å². The second kappa shape index (κ2) is 6.49. The Hall–Kier alpha value is -2.87. The molecule has 0 radical (unpaired) electrons. The molecular weight excluding hydrogens is 288 g/mol. The maximum atomic E-state index is 11.4. The largest absolute Gasteiger partial charge is 0.365 e. The number of carbonyl (C=O) groups excluding carboxylic acids is 1. The summed E-state index contributed by atoms with van der Waals surface area (Å²) < 4.78 is 0. The van der Waals surface area contributed by atoms with E-state index in [1.165, 1.54) is 6.42 Å². The fourth-order valence-electron chi connectivity index (χ4n) is 2.98. The fraction of sp³-hybridized carbons (Fsp3) is 0.278. The Morgan fingerprint density at radius 1 is 1.26 bits per heavy atom. The quantitative estimate of drug-likeness (QED) is 0.695. The number of fused-ring (bicyclic) bond motifs is 1. The van der Waals surface area contributed by atoms with E-state index in [1.807, 2.05) is 36.4 Å². The molecule has 1 aliphatic rings. The molecule has 2 heterocycles. The summed E-state index contributed by atoms with van der Waals surface area (Å²) in [5.74, 6) is 0.239. The zero-order chi connectivity index (χ0) is 16.2. The zero-order valence-corrected chi connectivity index (χ0v) is 12.9. The molecule has 1 amide bonds. The number of piperidine rings is 1. The molecule has 0 spiro atoms. The lowest BCUT2D eigenvalue weighted by molar-refractivity contribution is -0.331. The van der Waals surface area contributed by atoms with E-state index in [0.29, 0.717) is 0 Å². The van der Waals surface area contributed by atoms with Gasteiger partial charge in [0.2, 0.25) is 0 Å². The average Bonchev–Trinajstić information content (AvgIpc) is 2.59. The number of pyridine rings is 1. The van der Waals surface area contributed by atoms with Crippen molar-refractivity contribution in [2.75, 3.05) is 18.0 Å². The number of hydrogen-bond donors (Lipinski definition) is 1. The second-order valence-electron chi connectivity index (χ2n) is 5.74. The van der Waals surface area contributed by atoms with Crippen molar-refractivity contribution >= 4 is 28.7 Å². The van der Waals surface area contributed by atoms with Gasteiger partial charge in [0, 0.05) is 5.39 Å². The summed E-state index contributed by atoms with van der Waals surface area (Å²) in [6.45, 7) is 1.93. The number of benzene rings is 1. The number of carbonyl (C=O) groups is 1. The monoisotopic (exact) mass is 307 g/mol. The van der Waals surface area contributed by atoms with Gasteiger partial charge in [0.25, 0.3) is 11.7 Å². The molecule has 1 saturated heterocycles. The first-order valence-electron chi connectivity index (χ1n) is 7.80. The van der Waals surface area contributed by atoms with E-state index >= 15 is 0 Å². The van der Waals surface area contributed by atoms with Gasteiger partial charge in [0.15, 0.2) is 0 Å². The van der Waals surface area contributed by atoms with Gasteiger partial charge in [-0.1, -0.05) is 18.2 Å². The van der Waals surface area contributed by atoms with Gasteiger partial charge in [-0.25, -0.2) is 4.98 Å². The van der Waals surface area contributed by atoms with Gasteiger partial charge in [-0.3, -0.25) is 9.69 Å². The first-order valence-corrected chi connectivity index (χ1v) is 7.80. The average molecular weight is 307 g/mol. The van der Waals surface area contributed by atoms with Crippen LogP contribution in [0, 0.1) is 11.3 Å². The van der Waals surface area contributed by atoms with E-state index in [1.54, 1.807) is 6.08 Å². The maximum Gasteiger partial charge on any atom is 0.282 e. The Morgan fingerprint density at radius 3 is 2.70 bits per heavy atom. The molecule has 0 atom stereocenters. The SMILES string of the molecule is N#C/C(=C/c1cc2ccccc2[nH+]c1N1CCCCC1)C(N)=O. The van der Waals surface area contributed by atoms with E-state index in [4.69, 9.17) is 11.0 Å². The third-order valence-corrected chi connectivity index (χ3v) is 4.16. The summed E-state index contributed by atoms with van der Waals surface area (Å²) in [5.41, 5.74) is 7.10. The van der Waals surface area contributed by atoms with Crippen LogP contribution >= 0.6 is 0 Å². The molecule has 3 rings (SSSR count). The lowest BCUT2D eigenvalue weighted by Gasteiger charge is -2.22. The van der Waals surface area contributed by atoms with E-state index in [-0.39, 0.29) is 5.57 Å². The lowest BCUT2D eigenvalue weighted by atomic mass is 10.1. The predicted octanol–water partition coefficient (Wildman–Crippen LogP) is 2.04. The Balaban J connectivity index is 2.16. The molecule has 1 fully saturated rings. The molecular formula is C18H19N4O+. The first kappa shape index (κ1) is 15.0. The highest BCUT2D eigenvalue weighted by atomic mass is 16.1. The van der Waals surface area contributed by atoms with Crippen molar-refractivity contribution in [1.82, 2.24) is 0 Å². The van der Waals surface area contributed by atoms with Crippen molar-refractivity contribution in [2.24, 2.45) is 5.73 Å². The number of hydrogen-bond acceptors (Lipinski definition) is 3. The smallest absolute Gasteiger partial charge is 0.282 e. The molecule has 1 aliphatic heterocycles. The van der Waals surface area contributed by atoms with Crippen LogP contribution < -0.4 is 15.6 Å². The Morgan fingerprint density at radius 2 is 2.00 bits per heavy atom. The van der Waals surface area contributed by atoms with E-state index in [0.717, 1.165) is 48.2 Å². The number of para-hydroxylation sites is 1. The molecule has 5 nitrogen and oxygen atoms in total. The summed E-state index contributed by atoms with van der Waals surface area (Å²) in [4.78, 5) is 17.1. The van der Waals surface area contributed by atoms with Gasteiger partial charge in [-0.2, -0.15) is 5.26 Å². The first-order chi connectivity index (χ1) is 11.2. The van der Waals surface area contributed by atoms with Crippen molar-refractivity contribution in [3.63, 3.8) is 0 Å². The van der Waals surface area contributed by atoms with Gasteiger partial charge >= 0.3 is 0 Å². The summed E-state index contributed by atoms with van der Waals surface area (Å²) in [6, 6.07) is 11.8. The topological polar surface area (TPSA) is 84.3 Å². The number of aromatic nitrogens is 1. The molecule has 0 aliphatic carbocycles. The van der Waals surface area contributed by atoms with Crippen LogP contribution in [0.25, 0.3) is 17.0 Å². The van der Waals surface area contributed by atoms with Crippen molar-refractivity contribution in [2.45, 2.75) is 19.3 Å². The van der Waals surface area contributed by atoms with Gasteiger partial charge < -0.3 is 5.73 Å². The van der Waals surface area contributed by atoms with Crippen LogP contribution in [0.15, 0.2) is 35.9 Å². The molecule has 23 heavy (non-hydrogen) atoms. The summed E-state index contributed by atoms with van der Waals surface area (Å²) >= 11 is 0. The number of amides is 1. The number of H-pyrrole nitrogens is 1. The summed E-state index contributed by atoms with van der Waals surface area (Å²) in [6.07, 6.45) is 5.10. The molecule has 0 bridgehead atoms. The molecule has 1 aromatic heterocycles. The van der Waals surface area contributed by atoms with Crippen LogP contribution in [0.5, 0.6) is 0 Å². The minimum absolute atomic E-state index is 0.0352. The molecule has 3 N–H and O–H groups in total. The Bertz CT molecular complexity index is 813. The van der Waals surface area contributed by atoms with Crippen molar-refractivity contribution in [3.05, 3.63) is 41.5 Å². The number of primary amides is 1. The van der Waals surface area contributed by atoms with Crippen molar-refractivity contribution < 1.29 is 9.78 Å². The molecule has 116 valence electrons. The van der Waals surface area contributed by atoms with Gasteiger partial charge in [-0.05, 0) is 37.5 Å². The minimum Gasteiger partial charge on any atom is -0.365 e. The summed E-state index contributed by atoms with van der Waals surface area (Å²) in [5, 5.41) is 10.2. The van der Waals surface area contributed by atoms with Crippen LogP contribution in [0.3, 0.4) is 0 Å². The highest BCUT2D eigenvalue weighted by molar-refractivity contribution is 6.01. The van der Waals surface area contributed by atoms with Gasteiger partial charge in [-0.15, -0.1) is 0 Å². The predicted molar refractivity (Wildman–Crippen MR) is 89.4 cm³/mol. The molecule has 5 heteroatoms. The van der Waals surface area contributed by atoms with Crippen LogP contribution in [0.2, 0.25) is 0 Å². The molecule has 0 saturated carbocycles. The third kappa shape index (κ3) is 3.16. The van der Waals surface area contributed by atoms with E-state index in [9.17, 15) is 4.79 Å². The van der Waals surface area contributed by atoms with E-state index < -0.39 is 5.91 Å². The molecule has 0 unspecified atom stereocenters. The van der Waals surface area contributed by atoms with Gasteiger partial charge in [0.05, 0.1) is 18.7 Å². The van der Waals surface area contributed by atoms with Crippen LogP contribution in [-0.4, -0.2) is 19.0 Å². The third-order valence-electron chi connectivity index (χ3n) is 4.16. The Kier molecular flexibility index (Phi) is 4.24. The number of anilines is 1. The van der Waals surface area contributed by atoms with Gasteiger partial charge in [0.1, 0.15) is 17.2 Å². The maximum absolute atomic E-state index is 11.4. The lowest BCUT2D eigenvalue weighted by Crippen LogP contribution is -2.35. The number of nitrogens with zero attached hydrogens (tertiary/aromatic N) is 2. The highest BCUT2D eigenvalue weighted by Gasteiger charge is 2.23. The number of nitrogens with two attached hydrogens (primary N) is 1.